The molecular weight excluding hydrogens is 142 g/mol. The van der Waals surface area contributed by atoms with E-state index in [2.05, 4.69) is 4.98 Å². The number of nitrogens with one attached hydrogen (secondary N) is 1. The quantitative estimate of drug-likeness (QED) is 0.625. The Kier molecular flexibility index (Phi) is 1.87. The second kappa shape index (κ2) is 2.54. The molecule has 0 aliphatic rings. The number of aromatic amines is 1. The molecule has 0 fully saturated rings. The van der Waals surface area contributed by atoms with E-state index in [0.29, 0.717) is 6.54 Å². The number of rotatable bonds is 2. The zero-order valence-electron chi connectivity index (χ0n) is 6.79. The van der Waals surface area contributed by atoms with Crippen molar-refractivity contribution in [2.24, 2.45) is 5.73 Å². The summed E-state index contributed by atoms with van der Waals surface area (Å²) in [6.45, 7) is 4.29. The van der Waals surface area contributed by atoms with Crippen molar-refractivity contribution < 1.29 is 0 Å². The number of hydrogen-bond donors (Lipinski definition) is 2. The first-order valence-electron chi connectivity index (χ1n) is 3.54. The van der Waals surface area contributed by atoms with E-state index in [1.807, 2.05) is 13.8 Å². The minimum Gasteiger partial charge on any atom is -0.328 e. The van der Waals surface area contributed by atoms with Crippen LogP contribution < -0.4 is 11.4 Å². The van der Waals surface area contributed by atoms with Crippen LogP contribution in [0.4, 0.5) is 0 Å². The molecule has 0 saturated carbocycles. The normalized spacial score (nSPS) is 11.9. The molecule has 3 N–H and O–H groups in total. The summed E-state index contributed by atoms with van der Waals surface area (Å²) in [6.07, 6.45) is 3.31. The van der Waals surface area contributed by atoms with Gasteiger partial charge in [-0.1, -0.05) is 0 Å². The smallest absolute Gasteiger partial charge is 0.326 e. The molecule has 0 spiro atoms. The lowest BCUT2D eigenvalue weighted by Crippen LogP contribution is -2.40. The zero-order chi connectivity index (χ0) is 8.48. The van der Waals surface area contributed by atoms with E-state index in [1.165, 1.54) is 0 Å². The van der Waals surface area contributed by atoms with Gasteiger partial charge in [0.15, 0.2) is 0 Å². The fraction of sp³-hybridized carbons (Fsp3) is 0.571. The summed E-state index contributed by atoms with van der Waals surface area (Å²) >= 11 is 0. The number of H-pyrrole nitrogens is 1. The van der Waals surface area contributed by atoms with Crippen LogP contribution >= 0.6 is 0 Å². The highest BCUT2D eigenvalue weighted by Gasteiger charge is 2.18. The molecule has 0 atom stereocenters. The maximum absolute atomic E-state index is 11.1. The number of aromatic nitrogens is 2. The summed E-state index contributed by atoms with van der Waals surface area (Å²) in [5.41, 5.74) is 5.09. The molecule has 0 unspecified atom stereocenters. The molecule has 1 rings (SSSR count). The van der Waals surface area contributed by atoms with Crippen LogP contribution in [-0.4, -0.2) is 16.1 Å². The summed E-state index contributed by atoms with van der Waals surface area (Å²) < 4.78 is 1.59. The van der Waals surface area contributed by atoms with Gasteiger partial charge in [0.25, 0.3) is 0 Å². The van der Waals surface area contributed by atoms with Gasteiger partial charge in [0.2, 0.25) is 0 Å². The summed E-state index contributed by atoms with van der Waals surface area (Å²) in [4.78, 5) is 13.6. The molecular formula is C7H13N3O. The van der Waals surface area contributed by atoms with Crippen LogP contribution in [0.1, 0.15) is 13.8 Å². The van der Waals surface area contributed by atoms with Crippen molar-refractivity contribution in [3.05, 3.63) is 22.9 Å². The van der Waals surface area contributed by atoms with E-state index in [-0.39, 0.29) is 11.2 Å². The minimum atomic E-state index is -0.295. The number of nitrogens with two attached hydrogens (primary N) is 1. The monoisotopic (exact) mass is 155 g/mol. The molecule has 0 radical (unpaired) electrons. The van der Waals surface area contributed by atoms with Crippen LogP contribution in [0.3, 0.4) is 0 Å². The van der Waals surface area contributed by atoms with Gasteiger partial charge >= 0.3 is 5.69 Å². The maximum atomic E-state index is 11.1. The standard InChI is InChI=1S/C7H13N3O/c1-7(2,5-8)10-4-3-9-6(10)11/h3-4H,5,8H2,1-2H3,(H,9,11). The molecule has 1 heterocycles. The summed E-state index contributed by atoms with van der Waals surface area (Å²) in [5, 5.41) is 0. The summed E-state index contributed by atoms with van der Waals surface area (Å²) in [7, 11) is 0. The fourth-order valence-electron chi connectivity index (χ4n) is 0.895. The molecule has 0 aliphatic heterocycles. The van der Waals surface area contributed by atoms with Gasteiger partial charge in [-0.15, -0.1) is 0 Å². The van der Waals surface area contributed by atoms with Crippen LogP contribution in [0.5, 0.6) is 0 Å². The Morgan fingerprint density at radius 2 is 2.36 bits per heavy atom. The lowest BCUT2D eigenvalue weighted by molar-refractivity contribution is 0.357. The second-order valence-electron chi connectivity index (χ2n) is 3.15. The van der Waals surface area contributed by atoms with Crippen molar-refractivity contribution in [2.45, 2.75) is 19.4 Å². The lowest BCUT2D eigenvalue weighted by Gasteiger charge is -2.22. The molecule has 0 saturated heterocycles. The molecule has 1 aromatic heterocycles. The Morgan fingerprint density at radius 1 is 1.73 bits per heavy atom. The lowest BCUT2D eigenvalue weighted by atomic mass is 10.1. The third kappa shape index (κ3) is 1.35. The minimum absolute atomic E-state index is 0.111. The Hall–Kier alpha value is -1.03. The summed E-state index contributed by atoms with van der Waals surface area (Å²) in [6, 6.07) is 0. The maximum Gasteiger partial charge on any atom is 0.326 e. The number of hydrogen-bond acceptors (Lipinski definition) is 2. The van der Waals surface area contributed by atoms with E-state index in [4.69, 9.17) is 5.73 Å². The van der Waals surface area contributed by atoms with Gasteiger partial charge in [-0.2, -0.15) is 0 Å². The van der Waals surface area contributed by atoms with Crippen LogP contribution in [0, 0.1) is 0 Å². The predicted octanol–water partition coefficient (Wildman–Crippen LogP) is -0.130. The molecule has 0 amide bonds. The van der Waals surface area contributed by atoms with E-state index in [0.717, 1.165) is 0 Å². The molecule has 4 heteroatoms. The van der Waals surface area contributed by atoms with Crippen molar-refractivity contribution in [2.75, 3.05) is 6.54 Å². The largest absolute Gasteiger partial charge is 0.328 e. The first kappa shape index (κ1) is 8.07. The fourth-order valence-corrected chi connectivity index (χ4v) is 0.895. The number of nitrogens with zero attached hydrogens (tertiary/aromatic N) is 1. The highest BCUT2D eigenvalue weighted by atomic mass is 16.1. The Balaban J connectivity index is 3.11. The SMILES string of the molecule is CC(C)(CN)n1cc[nH]c1=O. The van der Waals surface area contributed by atoms with Gasteiger partial charge in [-0.05, 0) is 13.8 Å². The highest BCUT2D eigenvalue weighted by molar-refractivity contribution is 4.87. The molecule has 0 aliphatic carbocycles. The number of imidazole rings is 1. The molecule has 0 bridgehead atoms. The predicted molar refractivity (Wildman–Crippen MR) is 43.4 cm³/mol. The van der Waals surface area contributed by atoms with Crippen LogP contribution in [0.25, 0.3) is 0 Å². The van der Waals surface area contributed by atoms with E-state index < -0.39 is 0 Å². The van der Waals surface area contributed by atoms with Gasteiger partial charge in [-0.3, -0.25) is 4.57 Å². The van der Waals surface area contributed by atoms with Crippen molar-refractivity contribution in [1.82, 2.24) is 9.55 Å². The molecule has 62 valence electrons. The van der Waals surface area contributed by atoms with Crippen LogP contribution in [0.15, 0.2) is 17.2 Å². The van der Waals surface area contributed by atoms with Gasteiger partial charge < -0.3 is 10.7 Å². The molecule has 1 aromatic rings. The van der Waals surface area contributed by atoms with Gasteiger partial charge in [0.1, 0.15) is 0 Å². The second-order valence-corrected chi connectivity index (χ2v) is 3.15. The first-order valence-corrected chi connectivity index (χ1v) is 3.54. The van der Waals surface area contributed by atoms with Crippen molar-refractivity contribution >= 4 is 0 Å². The van der Waals surface area contributed by atoms with Crippen LogP contribution in [0.2, 0.25) is 0 Å². The molecule has 0 aromatic carbocycles. The third-order valence-corrected chi connectivity index (χ3v) is 1.80. The molecule has 4 nitrogen and oxygen atoms in total. The topological polar surface area (TPSA) is 63.8 Å². The van der Waals surface area contributed by atoms with Crippen molar-refractivity contribution in [3.8, 4) is 0 Å². The van der Waals surface area contributed by atoms with Gasteiger partial charge in [-0.25, -0.2) is 4.79 Å². The van der Waals surface area contributed by atoms with Gasteiger partial charge in [0.05, 0.1) is 5.54 Å². The Bertz CT molecular complexity index is 284. The highest BCUT2D eigenvalue weighted by Crippen LogP contribution is 2.08. The average Bonchev–Trinajstić information content (AvgIpc) is 2.36. The zero-order valence-corrected chi connectivity index (χ0v) is 6.79. The van der Waals surface area contributed by atoms with Crippen molar-refractivity contribution in [3.63, 3.8) is 0 Å². The van der Waals surface area contributed by atoms with E-state index >= 15 is 0 Å². The molecule has 11 heavy (non-hydrogen) atoms. The average molecular weight is 155 g/mol. The van der Waals surface area contributed by atoms with E-state index in [9.17, 15) is 4.79 Å². The van der Waals surface area contributed by atoms with E-state index in [1.54, 1.807) is 17.0 Å². The third-order valence-electron chi connectivity index (χ3n) is 1.80. The van der Waals surface area contributed by atoms with Gasteiger partial charge in [0, 0.05) is 18.9 Å². The summed E-state index contributed by atoms with van der Waals surface area (Å²) in [5.74, 6) is 0. The Labute approximate surface area is 65.0 Å². The Morgan fingerprint density at radius 3 is 2.73 bits per heavy atom. The van der Waals surface area contributed by atoms with Crippen molar-refractivity contribution in [1.29, 1.82) is 0 Å². The van der Waals surface area contributed by atoms with Crippen LogP contribution in [-0.2, 0) is 5.54 Å². The first-order chi connectivity index (χ1) is 5.08.